The van der Waals surface area contributed by atoms with Crippen molar-refractivity contribution >= 4 is 18.0 Å². The molecule has 1 amide bonds. The van der Waals surface area contributed by atoms with Gasteiger partial charge in [-0.05, 0) is 48.2 Å². The van der Waals surface area contributed by atoms with E-state index >= 15 is 0 Å². The smallest absolute Gasteiger partial charge is 0.481 e. The van der Waals surface area contributed by atoms with Gasteiger partial charge in [-0.25, -0.2) is 9.59 Å². The van der Waals surface area contributed by atoms with Crippen LogP contribution < -0.4 is 10.6 Å². The second kappa shape index (κ2) is 10.8. The Kier molecular flexibility index (Phi) is 8.00. The molecule has 4 rings (SSSR count). The number of hydrogen-bond donors (Lipinski definition) is 4. The number of hydrogen-bond acceptors (Lipinski definition) is 5. The largest absolute Gasteiger partial charge is 0.490 e. The minimum atomic E-state index is -5.08. The summed E-state index contributed by atoms with van der Waals surface area (Å²) in [5.74, 6) is -3.69. The lowest BCUT2D eigenvalue weighted by atomic mass is 9.85. The summed E-state index contributed by atoms with van der Waals surface area (Å²) in [5, 5.41) is 22.4. The summed E-state index contributed by atoms with van der Waals surface area (Å²) in [6, 6.07) is 16.3. The minimum absolute atomic E-state index is 0.0124. The van der Waals surface area contributed by atoms with Gasteiger partial charge in [-0.15, -0.1) is 0 Å². The molecule has 1 fully saturated rings. The quantitative estimate of drug-likeness (QED) is 0.499. The lowest BCUT2D eigenvalue weighted by Gasteiger charge is -2.36. The summed E-state index contributed by atoms with van der Waals surface area (Å²) >= 11 is 0. The molecule has 35 heavy (non-hydrogen) atoms. The predicted molar refractivity (Wildman–Crippen MR) is 119 cm³/mol. The molecule has 1 saturated heterocycles. The highest BCUT2D eigenvalue weighted by Gasteiger charge is 2.38. The van der Waals surface area contributed by atoms with E-state index in [4.69, 9.17) is 14.6 Å². The van der Waals surface area contributed by atoms with E-state index < -0.39 is 29.7 Å². The van der Waals surface area contributed by atoms with Gasteiger partial charge in [-0.1, -0.05) is 48.5 Å². The van der Waals surface area contributed by atoms with Gasteiger partial charge >= 0.3 is 24.2 Å². The van der Waals surface area contributed by atoms with Gasteiger partial charge < -0.3 is 25.6 Å². The zero-order chi connectivity index (χ0) is 25.6. The van der Waals surface area contributed by atoms with Crippen LogP contribution in [0.2, 0.25) is 0 Å². The Balaban J connectivity index is 0.000000429. The van der Waals surface area contributed by atoms with Crippen LogP contribution in [0.1, 0.15) is 36.3 Å². The van der Waals surface area contributed by atoms with Gasteiger partial charge in [-0.3, -0.25) is 4.79 Å². The average molecular weight is 494 g/mol. The molecule has 1 aliphatic heterocycles. The molecule has 0 saturated carbocycles. The topological polar surface area (TPSA) is 125 Å². The van der Waals surface area contributed by atoms with E-state index in [9.17, 15) is 27.9 Å². The van der Waals surface area contributed by atoms with Crippen LogP contribution in [0.4, 0.5) is 18.0 Å². The Bertz CT molecular complexity index is 1040. The lowest BCUT2D eigenvalue weighted by Crippen LogP contribution is -2.55. The number of alkyl carbamates (subject to hydrolysis) is 1. The molecule has 2 aromatic carbocycles. The molecule has 2 aliphatic rings. The molecule has 0 radical (unpaired) electrons. The molecule has 188 valence electrons. The molecule has 0 aromatic heterocycles. The second-order valence-electron chi connectivity index (χ2n) is 8.35. The molecule has 11 heteroatoms. The number of nitrogens with one attached hydrogen (secondary N) is 2. The number of fused-ring (bicyclic) bond motifs is 3. The van der Waals surface area contributed by atoms with E-state index in [0.29, 0.717) is 25.9 Å². The number of ether oxygens (including phenoxy) is 1. The Morgan fingerprint density at radius 2 is 1.46 bits per heavy atom. The van der Waals surface area contributed by atoms with Crippen LogP contribution in [0.3, 0.4) is 0 Å². The number of halogens is 3. The molecule has 2 aromatic rings. The fraction of sp³-hybridized carbons (Fsp3) is 0.375. The number of alkyl halides is 3. The van der Waals surface area contributed by atoms with Crippen molar-refractivity contribution in [3.8, 4) is 11.1 Å². The number of carbonyl (C=O) groups is 3. The van der Waals surface area contributed by atoms with Crippen molar-refractivity contribution in [3.63, 3.8) is 0 Å². The Hall–Kier alpha value is -3.60. The maximum atomic E-state index is 12.5. The van der Waals surface area contributed by atoms with Crippen molar-refractivity contribution in [2.75, 3.05) is 19.7 Å². The van der Waals surface area contributed by atoms with Crippen LogP contribution in [-0.4, -0.2) is 59.7 Å². The van der Waals surface area contributed by atoms with Gasteiger partial charge in [-0.2, -0.15) is 13.2 Å². The van der Waals surface area contributed by atoms with E-state index in [-0.39, 0.29) is 18.9 Å². The van der Waals surface area contributed by atoms with Gasteiger partial charge in [0.25, 0.3) is 0 Å². The molecule has 1 heterocycles. The van der Waals surface area contributed by atoms with Crippen molar-refractivity contribution < 1.29 is 42.5 Å². The van der Waals surface area contributed by atoms with Crippen LogP contribution in [0.15, 0.2) is 48.5 Å². The standard InChI is InChI=1S/C22H24N2O4.C2HF3O2/c25-20(26)13-22(9-11-23-12-10-22)24-21(27)28-14-19-17-7-3-1-5-15(17)16-6-2-4-8-18(16)19;3-2(4,5)1(6)7/h1-8,19,23H,9-14H2,(H,24,27)(H,25,26);(H,6,7). The second-order valence-corrected chi connectivity index (χ2v) is 8.35. The SMILES string of the molecule is O=C(O)C(F)(F)F.O=C(O)CC1(NC(=O)OCC2c3ccccc3-c3ccccc32)CCNCC1. The highest BCUT2D eigenvalue weighted by Crippen LogP contribution is 2.44. The van der Waals surface area contributed by atoms with Crippen molar-refractivity contribution in [3.05, 3.63) is 59.7 Å². The molecule has 1 aliphatic carbocycles. The van der Waals surface area contributed by atoms with Gasteiger partial charge in [0.1, 0.15) is 6.61 Å². The number of carboxylic acid groups (broad SMARTS) is 2. The van der Waals surface area contributed by atoms with E-state index in [2.05, 4.69) is 34.9 Å². The first kappa shape index (κ1) is 26.0. The summed E-state index contributed by atoms with van der Waals surface area (Å²) in [6.45, 7) is 1.58. The first-order valence-corrected chi connectivity index (χ1v) is 10.9. The molecular weight excluding hydrogens is 469 g/mol. The third kappa shape index (κ3) is 6.50. The molecule has 8 nitrogen and oxygen atoms in total. The number of rotatable bonds is 5. The number of carbonyl (C=O) groups excluding carboxylic acids is 1. The van der Waals surface area contributed by atoms with E-state index in [0.717, 1.165) is 11.1 Å². The Morgan fingerprint density at radius 1 is 0.971 bits per heavy atom. The summed E-state index contributed by atoms with van der Waals surface area (Å²) in [5.41, 5.74) is 3.90. The highest BCUT2D eigenvalue weighted by atomic mass is 19.4. The summed E-state index contributed by atoms with van der Waals surface area (Å²) < 4.78 is 37.3. The number of aliphatic carboxylic acids is 2. The Labute approximate surface area is 199 Å². The number of piperidine rings is 1. The normalized spacial score (nSPS) is 16.2. The maximum Gasteiger partial charge on any atom is 0.490 e. The van der Waals surface area contributed by atoms with Gasteiger partial charge in [0, 0.05) is 5.92 Å². The average Bonchev–Trinajstić information content (AvgIpc) is 3.11. The zero-order valence-electron chi connectivity index (χ0n) is 18.6. The zero-order valence-corrected chi connectivity index (χ0v) is 18.6. The lowest BCUT2D eigenvalue weighted by molar-refractivity contribution is -0.192. The van der Waals surface area contributed by atoms with Crippen molar-refractivity contribution in [2.45, 2.75) is 36.9 Å². The van der Waals surface area contributed by atoms with E-state index in [1.165, 1.54) is 11.1 Å². The van der Waals surface area contributed by atoms with Crippen molar-refractivity contribution in [1.29, 1.82) is 0 Å². The molecule has 0 atom stereocenters. The third-order valence-electron chi connectivity index (χ3n) is 6.00. The first-order valence-electron chi connectivity index (χ1n) is 10.9. The number of amides is 1. The van der Waals surface area contributed by atoms with Crippen molar-refractivity contribution in [2.24, 2.45) is 0 Å². The monoisotopic (exact) mass is 494 g/mol. The van der Waals surface area contributed by atoms with Crippen LogP contribution in [0.5, 0.6) is 0 Å². The highest BCUT2D eigenvalue weighted by molar-refractivity contribution is 5.79. The minimum Gasteiger partial charge on any atom is -0.481 e. The molecule has 4 N–H and O–H groups in total. The van der Waals surface area contributed by atoms with Crippen LogP contribution in [0.25, 0.3) is 11.1 Å². The fourth-order valence-electron chi connectivity index (χ4n) is 4.39. The van der Waals surface area contributed by atoms with Gasteiger partial charge in [0.15, 0.2) is 0 Å². The fourth-order valence-corrected chi connectivity index (χ4v) is 4.39. The van der Waals surface area contributed by atoms with E-state index in [1.807, 2.05) is 24.3 Å². The summed E-state index contributed by atoms with van der Waals surface area (Å²) in [7, 11) is 0. The molecule has 0 spiro atoms. The van der Waals surface area contributed by atoms with Crippen LogP contribution >= 0.6 is 0 Å². The maximum absolute atomic E-state index is 12.5. The van der Waals surface area contributed by atoms with Gasteiger partial charge in [0.05, 0.1) is 12.0 Å². The molecule has 0 bridgehead atoms. The summed E-state index contributed by atoms with van der Waals surface area (Å²) in [6.07, 6.45) is -4.59. The Morgan fingerprint density at radius 3 is 1.91 bits per heavy atom. The third-order valence-corrected chi connectivity index (χ3v) is 6.00. The van der Waals surface area contributed by atoms with Crippen molar-refractivity contribution in [1.82, 2.24) is 10.6 Å². The van der Waals surface area contributed by atoms with Crippen LogP contribution in [-0.2, 0) is 14.3 Å². The molecule has 0 unspecified atom stereocenters. The van der Waals surface area contributed by atoms with E-state index in [1.54, 1.807) is 0 Å². The number of benzene rings is 2. The number of carboxylic acids is 2. The molecular formula is C24H25F3N2O6. The first-order chi connectivity index (χ1) is 16.5. The van der Waals surface area contributed by atoms with Crippen LogP contribution in [0, 0.1) is 0 Å². The van der Waals surface area contributed by atoms with Gasteiger partial charge in [0.2, 0.25) is 0 Å². The summed E-state index contributed by atoms with van der Waals surface area (Å²) in [4.78, 5) is 32.7. The predicted octanol–water partition coefficient (Wildman–Crippen LogP) is 3.76.